The van der Waals surface area contributed by atoms with Crippen LogP contribution in [0, 0.1) is 0 Å². The summed E-state index contributed by atoms with van der Waals surface area (Å²) in [5, 5.41) is 4.31. The maximum Gasteiger partial charge on any atom is 0.111 e. The number of rotatable bonds is 2. The topological polar surface area (TPSA) is 30.7 Å². The Bertz CT molecular complexity index is 440. The lowest BCUT2D eigenvalue weighted by Crippen LogP contribution is -1.92. The number of hydrogen-bond donors (Lipinski definition) is 0. The number of aromatic nitrogens is 3. The van der Waals surface area contributed by atoms with Crippen molar-refractivity contribution < 1.29 is 0 Å². The molecule has 0 saturated heterocycles. The zero-order valence-corrected chi connectivity index (χ0v) is 9.31. The molecule has 0 aliphatic rings. The van der Waals surface area contributed by atoms with Gasteiger partial charge in [-0.05, 0) is 23.6 Å². The van der Waals surface area contributed by atoms with E-state index in [0.29, 0.717) is 5.92 Å². The van der Waals surface area contributed by atoms with Crippen molar-refractivity contribution in [3.05, 3.63) is 36.2 Å². The monoisotopic (exact) mass is 201 g/mol. The minimum Gasteiger partial charge on any atom is -0.275 e. The van der Waals surface area contributed by atoms with Gasteiger partial charge < -0.3 is 0 Å². The van der Waals surface area contributed by atoms with E-state index in [1.165, 1.54) is 5.56 Å². The second-order valence-electron chi connectivity index (χ2n) is 4.01. The van der Waals surface area contributed by atoms with Crippen LogP contribution in [0.5, 0.6) is 0 Å². The average molecular weight is 201 g/mol. The van der Waals surface area contributed by atoms with Gasteiger partial charge in [-0.2, -0.15) is 5.10 Å². The molecule has 0 aromatic carbocycles. The molecule has 0 fully saturated rings. The van der Waals surface area contributed by atoms with Crippen molar-refractivity contribution in [1.82, 2.24) is 14.8 Å². The molecule has 0 unspecified atom stereocenters. The molecule has 0 amide bonds. The Morgan fingerprint density at radius 3 is 2.40 bits per heavy atom. The summed E-state index contributed by atoms with van der Waals surface area (Å²) in [4.78, 5) is 4.41. The van der Waals surface area contributed by atoms with Gasteiger partial charge in [0.1, 0.15) is 5.69 Å². The number of hydrogen-bond acceptors (Lipinski definition) is 2. The molecule has 0 aliphatic heterocycles. The van der Waals surface area contributed by atoms with Crippen LogP contribution in [0.15, 0.2) is 30.6 Å². The summed E-state index contributed by atoms with van der Waals surface area (Å²) in [6.45, 7) is 4.33. The molecule has 0 spiro atoms. The van der Waals surface area contributed by atoms with Gasteiger partial charge in [-0.3, -0.25) is 9.67 Å². The van der Waals surface area contributed by atoms with Gasteiger partial charge in [-0.25, -0.2) is 0 Å². The van der Waals surface area contributed by atoms with Crippen LogP contribution in [-0.4, -0.2) is 14.8 Å². The molecule has 0 bridgehead atoms. The van der Waals surface area contributed by atoms with Crippen molar-refractivity contribution in [2.45, 2.75) is 19.8 Å². The predicted octanol–water partition coefficient (Wildman–Crippen LogP) is 2.61. The smallest absolute Gasteiger partial charge is 0.111 e. The van der Waals surface area contributed by atoms with E-state index in [1.54, 1.807) is 4.68 Å². The highest BCUT2D eigenvalue weighted by molar-refractivity contribution is 5.53. The van der Waals surface area contributed by atoms with Gasteiger partial charge in [0.15, 0.2) is 0 Å². The minimum absolute atomic E-state index is 0.523. The quantitative estimate of drug-likeness (QED) is 0.747. The Morgan fingerprint density at radius 2 is 1.93 bits per heavy atom. The fourth-order valence-corrected chi connectivity index (χ4v) is 1.45. The van der Waals surface area contributed by atoms with E-state index < -0.39 is 0 Å². The normalized spacial score (nSPS) is 10.9. The zero-order valence-electron chi connectivity index (χ0n) is 9.31. The molecule has 0 N–H and O–H groups in total. The van der Waals surface area contributed by atoms with Gasteiger partial charge in [0.05, 0.1) is 5.69 Å². The summed E-state index contributed by atoms with van der Waals surface area (Å²) in [5.74, 6) is 0.523. The lowest BCUT2D eigenvalue weighted by Gasteiger charge is -2.04. The van der Waals surface area contributed by atoms with E-state index in [0.717, 1.165) is 11.4 Å². The molecule has 15 heavy (non-hydrogen) atoms. The fraction of sp³-hybridized carbons (Fsp3) is 0.333. The Kier molecular flexibility index (Phi) is 2.54. The van der Waals surface area contributed by atoms with Crippen LogP contribution in [0.1, 0.15) is 25.3 Å². The van der Waals surface area contributed by atoms with Crippen LogP contribution in [-0.2, 0) is 7.05 Å². The standard InChI is InChI=1S/C12H15N3/c1-9(2)10-4-5-11(13-8-10)12-6-7-15(3)14-12/h4-9H,1-3H3. The lowest BCUT2D eigenvalue weighted by molar-refractivity contribution is 0.769. The fourth-order valence-electron chi connectivity index (χ4n) is 1.45. The molecular weight excluding hydrogens is 186 g/mol. The third kappa shape index (κ3) is 2.06. The number of aryl methyl sites for hydroxylation is 1. The molecule has 2 aromatic rings. The summed E-state index contributed by atoms with van der Waals surface area (Å²) in [6.07, 6.45) is 3.85. The predicted molar refractivity (Wildman–Crippen MR) is 60.5 cm³/mol. The SMILES string of the molecule is CC(C)c1ccc(-c2ccn(C)n2)nc1. The van der Waals surface area contributed by atoms with Crippen LogP contribution >= 0.6 is 0 Å². The zero-order chi connectivity index (χ0) is 10.8. The molecule has 0 aliphatic carbocycles. The summed E-state index contributed by atoms with van der Waals surface area (Å²) in [5.41, 5.74) is 3.11. The first-order valence-corrected chi connectivity index (χ1v) is 5.13. The van der Waals surface area contributed by atoms with Crippen molar-refractivity contribution in [2.75, 3.05) is 0 Å². The van der Waals surface area contributed by atoms with Crippen LogP contribution in [0.2, 0.25) is 0 Å². The summed E-state index contributed by atoms with van der Waals surface area (Å²) < 4.78 is 1.79. The first-order valence-electron chi connectivity index (χ1n) is 5.13. The molecule has 3 heteroatoms. The average Bonchev–Trinajstić information content (AvgIpc) is 2.65. The maximum absolute atomic E-state index is 4.41. The highest BCUT2D eigenvalue weighted by Gasteiger charge is 2.04. The third-order valence-electron chi connectivity index (χ3n) is 2.43. The molecule has 2 heterocycles. The van der Waals surface area contributed by atoms with E-state index in [-0.39, 0.29) is 0 Å². The number of pyridine rings is 1. The summed E-state index contributed by atoms with van der Waals surface area (Å²) >= 11 is 0. The summed E-state index contributed by atoms with van der Waals surface area (Å²) in [6, 6.07) is 6.11. The van der Waals surface area contributed by atoms with Crippen LogP contribution in [0.3, 0.4) is 0 Å². The minimum atomic E-state index is 0.523. The molecule has 2 aromatic heterocycles. The maximum atomic E-state index is 4.41. The van der Waals surface area contributed by atoms with Crippen molar-refractivity contribution >= 4 is 0 Å². The molecule has 2 rings (SSSR count). The van der Waals surface area contributed by atoms with E-state index in [9.17, 15) is 0 Å². The van der Waals surface area contributed by atoms with Crippen molar-refractivity contribution in [3.63, 3.8) is 0 Å². The molecule has 0 saturated carbocycles. The van der Waals surface area contributed by atoms with Crippen molar-refractivity contribution in [3.8, 4) is 11.4 Å². The largest absolute Gasteiger partial charge is 0.275 e. The summed E-state index contributed by atoms with van der Waals surface area (Å²) in [7, 11) is 1.91. The Hall–Kier alpha value is -1.64. The van der Waals surface area contributed by atoms with E-state index in [1.807, 2.05) is 31.6 Å². The van der Waals surface area contributed by atoms with Gasteiger partial charge in [0.25, 0.3) is 0 Å². The molecular formula is C12H15N3. The molecule has 0 atom stereocenters. The third-order valence-corrected chi connectivity index (χ3v) is 2.43. The lowest BCUT2D eigenvalue weighted by atomic mass is 10.1. The van der Waals surface area contributed by atoms with E-state index in [2.05, 4.69) is 30.0 Å². The Morgan fingerprint density at radius 1 is 1.13 bits per heavy atom. The second-order valence-corrected chi connectivity index (χ2v) is 4.01. The first-order chi connectivity index (χ1) is 7.16. The van der Waals surface area contributed by atoms with Crippen molar-refractivity contribution in [1.29, 1.82) is 0 Å². The van der Waals surface area contributed by atoms with Gasteiger partial charge >= 0.3 is 0 Å². The van der Waals surface area contributed by atoms with Gasteiger partial charge in [0, 0.05) is 19.4 Å². The van der Waals surface area contributed by atoms with E-state index >= 15 is 0 Å². The highest BCUT2D eigenvalue weighted by atomic mass is 15.2. The first kappa shape index (κ1) is 9.90. The van der Waals surface area contributed by atoms with E-state index in [4.69, 9.17) is 0 Å². The van der Waals surface area contributed by atoms with Crippen LogP contribution in [0.4, 0.5) is 0 Å². The number of nitrogens with zero attached hydrogens (tertiary/aromatic N) is 3. The van der Waals surface area contributed by atoms with Gasteiger partial charge in [0.2, 0.25) is 0 Å². The van der Waals surface area contributed by atoms with Gasteiger partial charge in [-0.15, -0.1) is 0 Å². The molecule has 78 valence electrons. The van der Waals surface area contributed by atoms with Crippen molar-refractivity contribution in [2.24, 2.45) is 7.05 Å². The van der Waals surface area contributed by atoms with Gasteiger partial charge in [-0.1, -0.05) is 19.9 Å². The molecule has 3 nitrogen and oxygen atoms in total. The van der Waals surface area contributed by atoms with Crippen LogP contribution < -0.4 is 0 Å². The Balaban J connectivity index is 2.31. The Labute approximate surface area is 89.8 Å². The molecule has 0 radical (unpaired) electrons. The second kappa shape index (κ2) is 3.85. The van der Waals surface area contributed by atoms with Crippen LogP contribution in [0.25, 0.3) is 11.4 Å². The highest BCUT2D eigenvalue weighted by Crippen LogP contribution is 2.17.